The predicted molar refractivity (Wildman–Crippen MR) is 66.3 cm³/mol. The maximum absolute atomic E-state index is 10.5. The first-order valence-corrected chi connectivity index (χ1v) is 6.19. The summed E-state index contributed by atoms with van der Waals surface area (Å²) in [7, 11) is 0. The second-order valence-electron chi connectivity index (χ2n) is 4.63. The Kier molecular flexibility index (Phi) is 6.15. The standard InChI is InChI=1S/C12H22N2O3/c1-9-5-6-14-11(9)8-17-7-3-2-4-10(13)12(15)16/h6,9-11H,2-5,7-8,13H2,1H3,(H,15,16)/t9-,10+,11+/m1/s1. The highest BCUT2D eigenvalue weighted by Gasteiger charge is 2.19. The molecule has 0 aliphatic carbocycles. The third-order valence-electron chi connectivity index (χ3n) is 3.09. The quantitative estimate of drug-likeness (QED) is 0.623. The Labute approximate surface area is 102 Å². The third kappa shape index (κ3) is 5.28. The van der Waals surface area contributed by atoms with Gasteiger partial charge in [0, 0.05) is 6.61 Å². The van der Waals surface area contributed by atoms with Gasteiger partial charge >= 0.3 is 5.97 Å². The van der Waals surface area contributed by atoms with Crippen molar-refractivity contribution in [1.82, 2.24) is 0 Å². The average molecular weight is 242 g/mol. The first-order chi connectivity index (χ1) is 8.11. The molecule has 3 N–H and O–H groups in total. The zero-order valence-electron chi connectivity index (χ0n) is 10.3. The molecule has 0 unspecified atom stereocenters. The Morgan fingerprint density at radius 2 is 2.41 bits per heavy atom. The van der Waals surface area contributed by atoms with Crippen molar-refractivity contribution in [2.45, 2.75) is 44.7 Å². The maximum Gasteiger partial charge on any atom is 0.320 e. The SMILES string of the molecule is C[C@@H]1CC=N[C@H]1COCCCC[C@H](N)C(=O)O. The highest BCUT2D eigenvalue weighted by Crippen LogP contribution is 2.16. The molecule has 0 fully saturated rings. The minimum atomic E-state index is -0.931. The highest BCUT2D eigenvalue weighted by molar-refractivity contribution is 5.72. The van der Waals surface area contributed by atoms with Crippen LogP contribution in [0.1, 0.15) is 32.6 Å². The average Bonchev–Trinajstić information content (AvgIpc) is 2.68. The zero-order valence-corrected chi connectivity index (χ0v) is 10.3. The summed E-state index contributed by atoms with van der Waals surface area (Å²) < 4.78 is 5.53. The van der Waals surface area contributed by atoms with E-state index in [0.717, 1.165) is 19.3 Å². The molecule has 5 heteroatoms. The van der Waals surface area contributed by atoms with E-state index in [1.54, 1.807) is 0 Å². The predicted octanol–water partition coefficient (Wildman–Crippen LogP) is 1.06. The molecule has 0 bridgehead atoms. The number of carboxylic acids is 1. The van der Waals surface area contributed by atoms with Crippen LogP contribution in [0.2, 0.25) is 0 Å². The lowest BCUT2D eigenvalue weighted by molar-refractivity contribution is -0.138. The molecule has 0 aromatic carbocycles. The van der Waals surface area contributed by atoms with Crippen molar-refractivity contribution in [3.8, 4) is 0 Å². The molecule has 0 aromatic rings. The Hall–Kier alpha value is -0.940. The number of rotatable bonds is 8. The highest BCUT2D eigenvalue weighted by atomic mass is 16.5. The van der Waals surface area contributed by atoms with E-state index in [9.17, 15) is 4.79 Å². The fourth-order valence-electron chi connectivity index (χ4n) is 1.77. The summed E-state index contributed by atoms with van der Waals surface area (Å²) in [5, 5.41) is 8.59. The molecule has 0 saturated heterocycles. The molecule has 0 amide bonds. The van der Waals surface area contributed by atoms with Crippen molar-refractivity contribution >= 4 is 12.2 Å². The van der Waals surface area contributed by atoms with Gasteiger partial charge in [0.1, 0.15) is 6.04 Å². The molecule has 0 spiro atoms. The fraction of sp³-hybridized carbons (Fsp3) is 0.833. The number of aliphatic imine (C=N–C) groups is 1. The molecule has 0 radical (unpaired) electrons. The summed E-state index contributed by atoms with van der Waals surface area (Å²) in [6.07, 6.45) is 5.16. The summed E-state index contributed by atoms with van der Waals surface area (Å²) in [5.41, 5.74) is 5.39. The Bertz CT molecular complexity index is 268. The molecule has 5 nitrogen and oxygen atoms in total. The van der Waals surface area contributed by atoms with E-state index in [2.05, 4.69) is 11.9 Å². The molecule has 17 heavy (non-hydrogen) atoms. The number of hydrogen-bond acceptors (Lipinski definition) is 4. The van der Waals surface area contributed by atoms with Crippen LogP contribution in [0.3, 0.4) is 0 Å². The minimum Gasteiger partial charge on any atom is -0.480 e. The summed E-state index contributed by atoms with van der Waals surface area (Å²) in [6.45, 7) is 3.50. The van der Waals surface area contributed by atoms with Gasteiger partial charge in [-0.25, -0.2) is 0 Å². The number of carbonyl (C=O) groups is 1. The topological polar surface area (TPSA) is 84.9 Å². The third-order valence-corrected chi connectivity index (χ3v) is 3.09. The van der Waals surface area contributed by atoms with E-state index < -0.39 is 12.0 Å². The Balaban J connectivity index is 1.94. The number of carboxylic acid groups (broad SMARTS) is 1. The van der Waals surface area contributed by atoms with Gasteiger partial charge in [0.15, 0.2) is 0 Å². The molecule has 1 rings (SSSR count). The van der Waals surface area contributed by atoms with Crippen LogP contribution < -0.4 is 5.73 Å². The molecular formula is C12H22N2O3. The van der Waals surface area contributed by atoms with Gasteiger partial charge in [0.2, 0.25) is 0 Å². The van der Waals surface area contributed by atoms with Crippen molar-refractivity contribution in [2.24, 2.45) is 16.6 Å². The lowest BCUT2D eigenvalue weighted by Gasteiger charge is -2.13. The first-order valence-electron chi connectivity index (χ1n) is 6.19. The van der Waals surface area contributed by atoms with E-state index in [0.29, 0.717) is 31.6 Å². The Morgan fingerprint density at radius 3 is 3.00 bits per heavy atom. The van der Waals surface area contributed by atoms with E-state index in [-0.39, 0.29) is 0 Å². The normalized spacial score (nSPS) is 25.1. The van der Waals surface area contributed by atoms with Gasteiger partial charge in [0.25, 0.3) is 0 Å². The summed E-state index contributed by atoms with van der Waals surface area (Å²) in [4.78, 5) is 14.8. The number of nitrogens with two attached hydrogens (primary N) is 1. The van der Waals surface area contributed by atoms with Gasteiger partial charge in [-0.05, 0) is 37.8 Å². The lowest BCUT2D eigenvalue weighted by atomic mass is 10.0. The molecule has 98 valence electrons. The van der Waals surface area contributed by atoms with Crippen LogP contribution in [0.15, 0.2) is 4.99 Å². The van der Waals surface area contributed by atoms with Gasteiger partial charge in [-0.3, -0.25) is 9.79 Å². The van der Waals surface area contributed by atoms with E-state index >= 15 is 0 Å². The fourth-order valence-corrected chi connectivity index (χ4v) is 1.77. The van der Waals surface area contributed by atoms with Crippen molar-refractivity contribution in [1.29, 1.82) is 0 Å². The zero-order chi connectivity index (χ0) is 12.7. The van der Waals surface area contributed by atoms with Crippen LogP contribution in [0.5, 0.6) is 0 Å². The Morgan fingerprint density at radius 1 is 1.65 bits per heavy atom. The van der Waals surface area contributed by atoms with Crippen molar-refractivity contribution in [2.75, 3.05) is 13.2 Å². The van der Waals surface area contributed by atoms with Crippen LogP contribution in [-0.4, -0.2) is 42.6 Å². The lowest BCUT2D eigenvalue weighted by Crippen LogP contribution is -2.29. The summed E-state index contributed by atoms with van der Waals surface area (Å²) in [6, 6.07) is -0.439. The minimum absolute atomic E-state index is 0.302. The monoisotopic (exact) mass is 242 g/mol. The molecule has 1 aliphatic rings. The van der Waals surface area contributed by atoms with Gasteiger partial charge in [-0.1, -0.05) is 6.92 Å². The molecule has 1 heterocycles. The van der Waals surface area contributed by atoms with Crippen molar-refractivity contribution < 1.29 is 14.6 Å². The van der Waals surface area contributed by atoms with Gasteiger partial charge in [-0.2, -0.15) is 0 Å². The number of ether oxygens (including phenoxy) is 1. The van der Waals surface area contributed by atoms with Gasteiger partial charge < -0.3 is 15.6 Å². The largest absolute Gasteiger partial charge is 0.480 e. The molecule has 0 aromatic heterocycles. The van der Waals surface area contributed by atoms with Crippen LogP contribution >= 0.6 is 0 Å². The van der Waals surface area contributed by atoms with Crippen LogP contribution in [0.4, 0.5) is 0 Å². The maximum atomic E-state index is 10.5. The van der Waals surface area contributed by atoms with Crippen molar-refractivity contribution in [3.63, 3.8) is 0 Å². The van der Waals surface area contributed by atoms with Crippen LogP contribution in [0, 0.1) is 5.92 Å². The smallest absolute Gasteiger partial charge is 0.320 e. The van der Waals surface area contributed by atoms with Crippen LogP contribution in [0.25, 0.3) is 0 Å². The molecule has 0 saturated carbocycles. The van der Waals surface area contributed by atoms with Gasteiger partial charge in [-0.15, -0.1) is 0 Å². The molecule has 1 aliphatic heterocycles. The second-order valence-corrected chi connectivity index (χ2v) is 4.63. The molecular weight excluding hydrogens is 220 g/mol. The number of unbranched alkanes of at least 4 members (excludes halogenated alkanes) is 1. The summed E-state index contributed by atoms with van der Waals surface area (Å²) >= 11 is 0. The van der Waals surface area contributed by atoms with Crippen molar-refractivity contribution in [3.05, 3.63) is 0 Å². The van der Waals surface area contributed by atoms with E-state index in [1.165, 1.54) is 0 Å². The number of hydrogen-bond donors (Lipinski definition) is 2. The van der Waals surface area contributed by atoms with E-state index in [4.69, 9.17) is 15.6 Å². The summed E-state index contributed by atoms with van der Waals surface area (Å²) in [5.74, 6) is -0.351. The molecule has 3 atom stereocenters. The van der Waals surface area contributed by atoms with E-state index in [1.807, 2.05) is 6.21 Å². The van der Waals surface area contributed by atoms with Crippen LogP contribution in [-0.2, 0) is 9.53 Å². The second kappa shape index (κ2) is 7.40. The number of nitrogens with zero attached hydrogens (tertiary/aromatic N) is 1. The first kappa shape index (κ1) is 14.1. The number of aliphatic carboxylic acids is 1. The van der Waals surface area contributed by atoms with Gasteiger partial charge in [0.05, 0.1) is 12.6 Å².